The van der Waals surface area contributed by atoms with E-state index in [9.17, 15) is 14.7 Å². The first-order chi connectivity index (χ1) is 14.0. The number of hydrogen-bond donors (Lipinski definition) is 3. The van der Waals surface area contributed by atoms with Gasteiger partial charge in [-0.05, 0) is 31.5 Å². The zero-order valence-corrected chi connectivity index (χ0v) is 16.7. The van der Waals surface area contributed by atoms with Crippen LogP contribution in [0.3, 0.4) is 0 Å². The number of rotatable bonds is 5. The van der Waals surface area contributed by atoms with Gasteiger partial charge in [-0.15, -0.1) is 11.3 Å². The smallest absolute Gasteiger partial charge is 0.342 e. The number of thiazole rings is 1. The summed E-state index contributed by atoms with van der Waals surface area (Å²) in [6.45, 7) is 5.80. The zero-order chi connectivity index (χ0) is 20.3. The van der Waals surface area contributed by atoms with E-state index in [1.807, 2.05) is 14.7 Å². The first-order valence-corrected chi connectivity index (χ1v) is 10.6. The van der Waals surface area contributed by atoms with Gasteiger partial charge in [0.05, 0.1) is 34.5 Å². The minimum absolute atomic E-state index is 0.103. The largest absolute Gasteiger partial charge is 0.477 e. The lowest BCUT2D eigenvalue weighted by Gasteiger charge is -2.27. The Balaban J connectivity index is 1.74. The topological polar surface area (TPSA) is 86.1 Å². The van der Waals surface area contributed by atoms with E-state index in [2.05, 4.69) is 17.6 Å². The summed E-state index contributed by atoms with van der Waals surface area (Å²) in [7, 11) is 0. The lowest BCUT2D eigenvalue weighted by Crippen LogP contribution is -2.28. The van der Waals surface area contributed by atoms with Crippen LogP contribution in [0.4, 0.5) is 15.8 Å². The van der Waals surface area contributed by atoms with Crippen molar-refractivity contribution in [2.45, 2.75) is 19.9 Å². The van der Waals surface area contributed by atoms with Gasteiger partial charge in [-0.1, -0.05) is 6.92 Å². The summed E-state index contributed by atoms with van der Waals surface area (Å²) in [4.78, 5) is 27.1. The van der Waals surface area contributed by atoms with Crippen LogP contribution in [0.25, 0.3) is 15.7 Å². The summed E-state index contributed by atoms with van der Waals surface area (Å²) in [5.41, 5.74) is 1.57. The second kappa shape index (κ2) is 6.70. The molecule has 5 rings (SSSR count). The minimum atomic E-state index is -1.28. The average molecular weight is 416 g/mol. The van der Waals surface area contributed by atoms with Gasteiger partial charge in [0.2, 0.25) is 5.43 Å². The molecule has 0 aliphatic carbocycles. The number of carboxylic acids is 1. The summed E-state index contributed by atoms with van der Waals surface area (Å²) >= 11 is 1.23. The molecule has 1 saturated heterocycles. The van der Waals surface area contributed by atoms with Crippen LogP contribution in [0.5, 0.6) is 0 Å². The molecule has 29 heavy (non-hydrogen) atoms. The van der Waals surface area contributed by atoms with Crippen LogP contribution in [-0.2, 0) is 6.54 Å². The molecule has 152 valence electrons. The number of anilines is 2. The first-order valence-electron chi connectivity index (χ1n) is 9.75. The number of nitrogens with one attached hydrogen (secondary N) is 2. The summed E-state index contributed by atoms with van der Waals surface area (Å²) in [5, 5.41) is 18.2. The molecule has 0 amide bonds. The molecule has 1 unspecified atom stereocenters. The molecule has 3 N–H and O–H groups in total. The number of pyridine rings is 1. The van der Waals surface area contributed by atoms with E-state index >= 15 is 4.39 Å². The maximum absolute atomic E-state index is 15.3. The molecule has 4 heterocycles. The predicted molar refractivity (Wildman–Crippen MR) is 112 cm³/mol. The van der Waals surface area contributed by atoms with Gasteiger partial charge < -0.3 is 20.6 Å². The molecule has 0 spiro atoms. The second-order valence-corrected chi connectivity index (χ2v) is 8.48. The molecule has 7 nitrogen and oxygen atoms in total. The highest BCUT2D eigenvalue weighted by Crippen LogP contribution is 2.42. The molecule has 2 aliphatic rings. The molecule has 1 atom stereocenters. The van der Waals surface area contributed by atoms with E-state index in [4.69, 9.17) is 0 Å². The normalized spacial score (nSPS) is 18.1. The highest BCUT2D eigenvalue weighted by Gasteiger charge is 2.32. The van der Waals surface area contributed by atoms with Crippen LogP contribution in [-0.4, -0.2) is 41.7 Å². The van der Waals surface area contributed by atoms with Crippen LogP contribution < -0.4 is 21.0 Å². The fraction of sp³-hybridized carbons (Fsp3) is 0.400. The Morgan fingerprint density at radius 1 is 1.48 bits per heavy atom. The van der Waals surface area contributed by atoms with Gasteiger partial charge in [0.25, 0.3) is 0 Å². The number of halogens is 1. The van der Waals surface area contributed by atoms with Crippen molar-refractivity contribution in [3.05, 3.63) is 38.7 Å². The summed E-state index contributed by atoms with van der Waals surface area (Å²) in [5.74, 6) is -1.33. The van der Waals surface area contributed by atoms with Crippen LogP contribution in [0.15, 0.2) is 16.2 Å². The van der Waals surface area contributed by atoms with Crippen LogP contribution in [0.2, 0.25) is 0 Å². The molecule has 0 bridgehead atoms. The first kappa shape index (κ1) is 18.4. The Morgan fingerprint density at radius 2 is 2.31 bits per heavy atom. The molecule has 0 saturated carbocycles. The fourth-order valence-corrected chi connectivity index (χ4v) is 5.61. The standard InChI is InChI=1S/C20H21FN4O3S/c1-2-22-6-10-3-4-24(8-10)17-13(21)5-12-16-15(17)23-7-11-9-29-19(25(11)16)14(18(12)26)20(27)28/h5,9-10,22-23H,2-4,6-8H2,1H3,(H,27,28). The highest BCUT2D eigenvalue weighted by atomic mass is 32.1. The predicted octanol–water partition coefficient (Wildman–Crippen LogP) is 2.71. The van der Waals surface area contributed by atoms with Crippen molar-refractivity contribution in [2.75, 3.05) is 36.4 Å². The Hall–Kier alpha value is -2.65. The lowest BCUT2D eigenvalue weighted by molar-refractivity contribution is 0.0697. The van der Waals surface area contributed by atoms with E-state index in [0.717, 1.165) is 38.3 Å². The Bertz CT molecular complexity index is 1220. The van der Waals surface area contributed by atoms with Gasteiger partial charge in [-0.2, -0.15) is 0 Å². The molecule has 1 fully saturated rings. The lowest BCUT2D eigenvalue weighted by atomic mass is 10.1. The van der Waals surface area contributed by atoms with E-state index < -0.39 is 17.2 Å². The molecule has 2 aromatic heterocycles. The van der Waals surface area contributed by atoms with Crippen molar-refractivity contribution in [1.29, 1.82) is 0 Å². The van der Waals surface area contributed by atoms with Crippen molar-refractivity contribution in [3.63, 3.8) is 0 Å². The number of carbonyl (C=O) groups is 1. The summed E-state index contributed by atoms with van der Waals surface area (Å²) in [6, 6.07) is 1.21. The highest BCUT2D eigenvalue weighted by molar-refractivity contribution is 7.16. The minimum Gasteiger partial charge on any atom is -0.477 e. The number of aromatic nitrogens is 1. The van der Waals surface area contributed by atoms with Crippen LogP contribution in [0, 0.1) is 11.7 Å². The Kier molecular flexibility index (Phi) is 4.25. The van der Waals surface area contributed by atoms with Gasteiger partial charge in [-0.3, -0.25) is 9.20 Å². The molecule has 2 aliphatic heterocycles. The van der Waals surface area contributed by atoms with Crippen molar-refractivity contribution in [2.24, 2.45) is 5.92 Å². The third-order valence-corrected chi connectivity index (χ3v) is 6.88. The fourth-order valence-electron chi connectivity index (χ4n) is 4.56. The molecule has 3 aromatic rings. The van der Waals surface area contributed by atoms with Crippen molar-refractivity contribution in [3.8, 4) is 0 Å². The molecule has 9 heteroatoms. The molecular weight excluding hydrogens is 395 g/mol. The van der Waals surface area contributed by atoms with Gasteiger partial charge in [0, 0.05) is 18.5 Å². The zero-order valence-electron chi connectivity index (χ0n) is 15.9. The SMILES string of the molecule is CCNCC1CCN(c2c(F)cc3c(=O)c(C(=O)O)c4scc5n4c3c2NC5)C1. The number of aromatic carboxylic acids is 1. The second-order valence-electron chi connectivity index (χ2n) is 7.62. The van der Waals surface area contributed by atoms with E-state index in [1.54, 1.807) is 0 Å². The summed E-state index contributed by atoms with van der Waals surface area (Å²) in [6.07, 6.45) is 0.973. The third-order valence-electron chi connectivity index (χ3n) is 5.88. The van der Waals surface area contributed by atoms with E-state index in [-0.39, 0.29) is 10.9 Å². The number of benzene rings is 1. The number of carboxylic acid groups (broad SMARTS) is 1. The van der Waals surface area contributed by atoms with Gasteiger partial charge in [-0.25, -0.2) is 9.18 Å². The van der Waals surface area contributed by atoms with Crippen LogP contribution >= 0.6 is 11.3 Å². The summed E-state index contributed by atoms with van der Waals surface area (Å²) < 4.78 is 17.1. The van der Waals surface area contributed by atoms with Gasteiger partial charge >= 0.3 is 5.97 Å². The van der Waals surface area contributed by atoms with Crippen LogP contribution in [0.1, 0.15) is 29.4 Å². The average Bonchev–Trinajstić information content (AvgIpc) is 3.32. The van der Waals surface area contributed by atoms with E-state index in [1.165, 1.54) is 17.4 Å². The monoisotopic (exact) mass is 416 g/mol. The van der Waals surface area contributed by atoms with Crippen molar-refractivity contribution in [1.82, 2.24) is 9.72 Å². The maximum Gasteiger partial charge on any atom is 0.342 e. The molecular formula is C20H21FN4O3S. The van der Waals surface area contributed by atoms with Gasteiger partial charge in [0.1, 0.15) is 16.2 Å². The number of hydrogen-bond acceptors (Lipinski definition) is 6. The van der Waals surface area contributed by atoms with E-state index in [0.29, 0.717) is 34.2 Å². The van der Waals surface area contributed by atoms with Gasteiger partial charge in [0.15, 0.2) is 0 Å². The Morgan fingerprint density at radius 3 is 3.07 bits per heavy atom. The molecule has 1 aromatic carbocycles. The van der Waals surface area contributed by atoms with Crippen molar-refractivity contribution >= 4 is 44.4 Å². The number of nitrogens with zero attached hydrogens (tertiary/aromatic N) is 2. The maximum atomic E-state index is 15.3. The third kappa shape index (κ3) is 2.64. The van der Waals surface area contributed by atoms with Crippen molar-refractivity contribution < 1.29 is 14.3 Å². The molecule has 0 radical (unpaired) electrons. The quantitative estimate of drug-likeness (QED) is 0.593. The Labute approximate surface area is 169 Å².